The summed E-state index contributed by atoms with van der Waals surface area (Å²) >= 11 is 0. The van der Waals surface area contributed by atoms with E-state index in [9.17, 15) is 0 Å². The Balaban J connectivity index is 1.58. The molecule has 2 N–H and O–H groups in total. The van der Waals surface area contributed by atoms with Crippen LogP contribution in [0.15, 0.2) is 29.3 Å². The Labute approximate surface area is 135 Å². The molecule has 0 bridgehead atoms. The molecule has 2 aliphatic heterocycles. The van der Waals surface area contributed by atoms with E-state index in [-0.39, 0.29) is 0 Å². The molecule has 0 unspecified atom stereocenters. The predicted octanol–water partition coefficient (Wildman–Crippen LogP) is 1.87. The SMILES string of the molecule is Cc1cc(Nc2ccc3c(c2)C=NC3)nc(N2CCNCC2)n1. The summed E-state index contributed by atoms with van der Waals surface area (Å²) in [6, 6.07) is 8.30. The molecule has 1 fully saturated rings. The average Bonchev–Trinajstić information content (AvgIpc) is 3.03. The van der Waals surface area contributed by atoms with Gasteiger partial charge < -0.3 is 15.5 Å². The fourth-order valence-corrected chi connectivity index (χ4v) is 2.95. The van der Waals surface area contributed by atoms with E-state index in [0.717, 1.165) is 55.9 Å². The number of nitrogens with zero attached hydrogens (tertiary/aromatic N) is 4. The minimum Gasteiger partial charge on any atom is -0.340 e. The third-order valence-corrected chi connectivity index (χ3v) is 4.15. The Morgan fingerprint density at radius 2 is 2.00 bits per heavy atom. The first-order chi connectivity index (χ1) is 11.3. The molecule has 6 nitrogen and oxygen atoms in total. The number of fused-ring (bicyclic) bond motifs is 1. The van der Waals surface area contributed by atoms with Crippen molar-refractivity contribution in [2.45, 2.75) is 13.5 Å². The molecule has 0 spiro atoms. The maximum atomic E-state index is 4.69. The highest BCUT2D eigenvalue weighted by Crippen LogP contribution is 2.23. The van der Waals surface area contributed by atoms with Crippen LogP contribution in [0.5, 0.6) is 0 Å². The van der Waals surface area contributed by atoms with Gasteiger partial charge in [0.25, 0.3) is 0 Å². The number of aliphatic imine (C=N–C) groups is 1. The van der Waals surface area contributed by atoms with Crippen LogP contribution in [-0.4, -0.2) is 42.4 Å². The second-order valence-corrected chi connectivity index (χ2v) is 5.94. The maximum absolute atomic E-state index is 4.69. The van der Waals surface area contributed by atoms with E-state index < -0.39 is 0 Å². The first kappa shape index (κ1) is 14.1. The number of hydrogen-bond acceptors (Lipinski definition) is 6. The standard InChI is InChI=1S/C17H20N6/c1-12-8-16(22-17(20-12)23-6-4-18-5-7-23)21-15-3-2-13-10-19-11-14(13)9-15/h2-3,8-9,11,18H,4-7,10H2,1H3,(H,20,21,22). The lowest BCUT2D eigenvalue weighted by atomic mass is 10.1. The van der Waals surface area contributed by atoms with Crippen LogP contribution in [0.4, 0.5) is 17.5 Å². The third-order valence-electron chi connectivity index (χ3n) is 4.15. The summed E-state index contributed by atoms with van der Waals surface area (Å²) in [7, 11) is 0. The van der Waals surface area contributed by atoms with Crippen LogP contribution in [0.1, 0.15) is 16.8 Å². The van der Waals surface area contributed by atoms with E-state index in [1.54, 1.807) is 0 Å². The molecular weight excluding hydrogens is 288 g/mol. The number of hydrogen-bond donors (Lipinski definition) is 2. The fraction of sp³-hybridized carbons (Fsp3) is 0.353. The topological polar surface area (TPSA) is 65.4 Å². The molecule has 2 aliphatic rings. The molecule has 6 heteroatoms. The van der Waals surface area contributed by atoms with Gasteiger partial charge in [0, 0.05) is 49.8 Å². The number of aryl methyl sites for hydroxylation is 1. The zero-order valence-electron chi connectivity index (χ0n) is 13.2. The molecular formula is C17H20N6. The summed E-state index contributed by atoms with van der Waals surface area (Å²) in [5.74, 6) is 1.64. The smallest absolute Gasteiger partial charge is 0.227 e. The zero-order chi connectivity index (χ0) is 15.6. The molecule has 1 saturated heterocycles. The highest BCUT2D eigenvalue weighted by atomic mass is 15.3. The molecule has 3 heterocycles. The Bertz CT molecular complexity index is 749. The van der Waals surface area contributed by atoms with Gasteiger partial charge in [0.05, 0.1) is 6.54 Å². The number of benzene rings is 1. The molecule has 0 aliphatic carbocycles. The van der Waals surface area contributed by atoms with Gasteiger partial charge in [0.1, 0.15) is 5.82 Å². The predicted molar refractivity (Wildman–Crippen MR) is 92.9 cm³/mol. The second kappa shape index (κ2) is 5.96. The molecule has 0 saturated carbocycles. The van der Waals surface area contributed by atoms with Gasteiger partial charge in [0.2, 0.25) is 5.95 Å². The van der Waals surface area contributed by atoms with Crippen molar-refractivity contribution in [3.8, 4) is 0 Å². The Kier molecular flexibility index (Phi) is 3.67. The van der Waals surface area contributed by atoms with E-state index in [0.29, 0.717) is 0 Å². The largest absolute Gasteiger partial charge is 0.340 e. The highest BCUT2D eigenvalue weighted by Gasteiger charge is 2.14. The van der Waals surface area contributed by atoms with Crippen molar-refractivity contribution in [1.82, 2.24) is 15.3 Å². The lowest BCUT2D eigenvalue weighted by Gasteiger charge is -2.27. The van der Waals surface area contributed by atoms with Crippen molar-refractivity contribution in [3.63, 3.8) is 0 Å². The van der Waals surface area contributed by atoms with Crippen LogP contribution in [0.2, 0.25) is 0 Å². The van der Waals surface area contributed by atoms with E-state index in [2.05, 4.69) is 48.7 Å². The van der Waals surface area contributed by atoms with Crippen LogP contribution in [-0.2, 0) is 6.54 Å². The normalized spacial score (nSPS) is 16.5. The minimum atomic E-state index is 0.787. The van der Waals surface area contributed by atoms with Gasteiger partial charge in [-0.15, -0.1) is 0 Å². The molecule has 4 rings (SSSR count). The monoisotopic (exact) mass is 308 g/mol. The lowest BCUT2D eigenvalue weighted by molar-refractivity contribution is 0.579. The van der Waals surface area contributed by atoms with Crippen molar-refractivity contribution in [1.29, 1.82) is 0 Å². The van der Waals surface area contributed by atoms with Crippen molar-refractivity contribution in [3.05, 3.63) is 41.1 Å². The maximum Gasteiger partial charge on any atom is 0.227 e. The summed E-state index contributed by atoms with van der Waals surface area (Å²) in [4.78, 5) is 15.8. The van der Waals surface area contributed by atoms with Crippen LogP contribution in [0, 0.1) is 6.92 Å². The van der Waals surface area contributed by atoms with Crippen LogP contribution in [0.3, 0.4) is 0 Å². The van der Waals surface area contributed by atoms with Crippen LogP contribution in [0.25, 0.3) is 0 Å². The van der Waals surface area contributed by atoms with Gasteiger partial charge in [-0.1, -0.05) is 6.07 Å². The number of aromatic nitrogens is 2. The third kappa shape index (κ3) is 3.03. The summed E-state index contributed by atoms with van der Waals surface area (Å²) in [6.07, 6.45) is 1.93. The molecule has 23 heavy (non-hydrogen) atoms. The summed E-state index contributed by atoms with van der Waals surface area (Å²) in [5, 5.41) is 6.75. The summed E-state index contributed by atoms with van der Waals surface area (Å²) < 4.78 is 0. The molecule has 1 aromatic carbocycles. The van der Waals surface area contributed by atoms with Crippen LogP contribution >= 0.6 is 0 Å². The highest BCUT2D eigenvalue weighted by molar-refractivity contribution is 5.86. The molecule has 2 aromatic rings. The van der Waals surface area contributed by atoms with Crippen LogP contribution < -0.4 is 15.5 Å². The van der Waals surface area contributed by atoms with E-state index in [4.69, 9.17) is 0 Å². The lowest BCUT2D eigenvalue weighted by Crippen LogP contribution is -2.44. The number of rotatable bonds is 3. The van der Waals surface area contributed by atoms with Gasteiger partial charge in [-0.2, -0.15) is 4.98 Å². The molecule has 118 valence electrons. The quantitative estimate of drug-likeness (QED) is 0.906. The zero-order valence-corrected chi connectivity index (χ0v) is 13.2. The van der Waals surface area contributed by atoms with Crippen molar-refractivity contribution in [2.24, 2.45) is 4.99 Å². The van der Waals surface area contributed by atoms with Crippen molar-refractivity contribution < 1.29 is 0 Å². The van der Waals surface area contributed by atoms with Gasteiger partial charge in [-0.05, 0) is 30.2 Å². The Morgan fingerprint density at radius 3 is 2.87 bits per heavy atom. The summed E-state index contributed by atoms with van der Waals surface area (Å²) in [5.41, 5.74) is 4.46. The fourth-order valence-electron chi connectivity index (χ4n) is 2.95. The molecule has 0 atom stereocenters. The first-order valence-corrected chi connectivity index (χ1v) is 7.99. The van der Waals surface area contributed by atoms with Crippen molar-refractivity contribution >= 4 is 23.7 Å². The number of piperazine rings is 1. The molecule has 1 aromatic heterocycles. The Hall–Kier alpha value is -2.47. The first-order valence-electron chi connectivity index (χ1n) is 7.99. The van der Waals surface area contributed by atoms with E-state index in [1.807, 2.05) is 19.2 Å². The molecule has 0 radical (unpaired) electrons. The number of anilines is 3. The second-order valence-electron chi connectivity index (χ2n) is 5.94. The summed E-state index contributed by atoms with van der Waals surface area (Å²) in [6.45, 7) is 6.63. The van der Waals surface area contributed by atoms with E-state index in [1.165, 1.54) is 11.1 Å². The van der Waals surface area contributed by atoms with Gasteiger partial charge in [-0.3, -0.25) is 4.99 Å². The Morgan fingerprint density at radius 1 is 1.13 bits per heavy atom. The average molecular weight is 308 g/mol. The van der Waals surface area contributed by atoms with Gasteiger partial charge in [-0.25, -0.2) is 4.98 Å². The van der Waals surface area contributed by atoms with E-state index >= 15 is 0 Å². The molecule has 0 amide bonds. The van der Waals surface area contributed by atoms with Crippen molar-refractivity contribution in [2.75, 3.05) is 36.4 Å². The number of nitrogens with one attached hydrogen (secondary N) is 2. The van der Waals surface area contributed by atoms with Gasteiger partial charge >= 0.3 is 0 Å². The van der Waals surface area contributed by atoms with Gasteiger partial charge in [0.15, 0.2) is 0 Å². The minimum absolute atomic E-state index is 0.787.